The zero-order chi connectivity index (χ0) is 13.7. The molecule has 0 aliphatic rings. The van der Waals surface area contributed by atoms with Crippen LogP contribution < -0.4 is 10.1 Å². The molecule has 0 amide bonds. The Hall–Kier alpha value is -2.56. The van der Waals surface area contributed by atoms with Crippen molar-refractivity contribution in [2.75, 3.05) is 12.4 Å². The second-order valence-corrected chi connectivity index (χ2v) is 3.99. The van der Waals surface area contributed by atoms with Gasteiger partial charge in [-0.1, -0.05) is 0 Å². The minimum absolute atomic E-state index is 0.133. The Morgan fingerprint density at radius 3 is 2.58 bits per heavy atom. The van der Waals surface area contributed by atoms with Crippen molar-refractivity contribution in [2.45, 2.75) is 6.54 Å². The Morgan fingerprint density at radius 2 is 1.95 bits per heavy atom. The quantitative estimate of drug-likeness (QED) is 0.806. The van der Waals surface area contributed by atoms with Crippen molar-refractivity contribution >= 4 is 11.4 Å². The molecule has 2 N–H and O–H groups in total. The number of anilines is 1. The first-order valence-corrected chi connectivity index (χ1v) is 5.76. The fourth-order valence-electron chi connectivity index (χ4n) is 1.68. The molecule has 0 fully saturated rings. The SMILES string of the molecule is COc1ccc(NCc2cc(N=O)ccc2O)cc1. The summed E-state index contributed by atoms with van der Waals surface area (Å²) >= 11 is 0. The highest BCUT2D eigenvalue weighted by Gasteiger charge is 2.03. The van der Waals surface area contributed by atoms with Gasteiger partial charge in [0.2, 0.25) is 0 Å². The molecule has 2 rings (SSSR count). The number of aromatic hydroxyl groups is 1. The number of nitrogens with one attached hydrogen (secondary N) is 1. The number of rotatable bonds is 5. The lowest BCUT2D eigenvalue weighted by Crippen LogP contribution is -1.99. The normalized spacial score (nSPS) is 9.95. The van der Waals surface area contributed by atoms with E-state index < -0.39 is 0 Å². The standard InChI is InChI=1S/C14H14N2O3/c1-19-13-5-2-11(3-6-13)15-9-10-8-12(16-18)4-7-14(10)17/h2-8,15,17H,9H2,1H3. The molecule has 19 heavy (non-hydrogen) atoms. The Balaban J connectivity index is 2.07. The van der Waals surface area contributed by atoms with Crippen molar-refractivity contribution in [3.8, 4) is 11.5 Å². The van der Waals surface area contributed by atoms with Crippen molar-refractivity contribution in [1.29, 1.82) is 0 Å². The van der Waals surface area contributed by atoms with E-state index in [-0.39, 0.29) is 5.75 Å². The first-order chi connectivity index (χ1) is 9.22. The topological polar surface area (TPSA) is 70.9 Å². The van der Waals surface area contributed by atoms with Crippen LogP contribution in [0.2, 0.25) is 0 Å². The van der Waals surface area contributed by atoms with Gasteiger partial charge in [0.25, 0.3) is 0 Å². The van der Waals surface area contributed by atoms with Gasteiger partial charge in [0.15, 0.2) is 0 Å². The molecule has 2 aromatic rings. The van der Waals surface area contributed by atoms with Crippen molar-refractivity contribution in [3.63, 3.8) is 0 Å². The van der Waals surface area contributed by atoms with Crippen molar-refractivity contribution in [2.24, 2.45) is 5.18 Å². The van der Waals surface area contributed by atoms with E-state index in [1.54, 1.807) is 13.2 Å². The average molecular weight is 258 g/mol. The Labute approximate surface area is 110 Å². The molecule has 0 saturated carbocycles. The summed E-state index contributed by atoms with van der Waals surface area (Å²) in [6.07, 6.45) is 0. The third-order valence-corrected chi connectivity index (χ3v) is 2.74. The first kappa shape index (κ1) is 12.9. The molecule has 5 heteroatoms. The van der Waals surface area contributed by atoms with Gasteiger partial charge in [0, 0.05) is 17.8 Å². The molecule has 0 atom stereocenters. The maximum atomic E-state index is 10.4. The monoisotopic (exact) mass is 258 g/mol. The summed E-state index contributed by atoms with van der Waals surface area (Å²) in [4.78, 5) is 10.4. The van der Waals surface area contributed by atoms with Gasteiger partial charge in [-0.2, -0.15) is 0 Å². The maximum absolute atomic E-state index is 10.4. The molecular weight excluding hydrogens is 244 g/mol. The van der Waals surface area contributed by atoms with Crippen LogP contribution in [0, 0.1) is 4.91 Å². The van der Waals surface area contributed by atoms with Gasteiger partial charge in [-0.05, 0) is 47.6 Å². The Morgan fingerprint density at radius 1 is 1.21 bits per heavy atom. The number of hydrogen-bond donors (Lipinski definition) is 2. The lowest BCUT2D eigenvalue weighted by atomic mass is 10.1. The molecule has 2 aromatic carbocycles. The van der Waals surface area contributed by atoms with Gasteiger partial charge in [0.05, 0.1) is 7.11 Å². The van der Waals surface area contributed by atoms with Gasteiger partial charge in [-0.3, -0.25) is 0 Å². The van der Waals surface area contributed by atoms with Crippen LogP contribution in [0.15, 0.2) is 47.6 Å². The molecule has 0 aliphatic carbocycles. The van der Waals surface area contributed by atoms with E-state index in [4.69, 9.17) is 4.74 Å². The second-order valence-electron chi connectivity index (χ2n) is 3.99. The van der Waals surface area contributed by atoms with Crippen molar-refractivity contribution in [1.82, 2.24) is 0 Å². The van der Waals surface area contributed by atoms with Crippen LogP contribution in [0.4, 0.5) is 11.4 Å². The first-order valence-electron chi connectivity index (χ1n) is 5.76. The third kappa shape index (κ3) is 3.22. The van der Waals surface area contributed by atoms with Gasteiger partial charge < -0.3 is 15.2 Å². The predicted molar refractivity (Wildman–Crippen MR) is 73.9 cm³/mol. The van der Waals surface area contributed by atoms with Crippen LogP contribution in [0.25, 0.3) is 0 Å². The smallest absolute Gasteiger partial charge is 0.120 e. The molecule has 0 bridgehead atoms. The van der Waals surface area contributed by atoms with E-state index in [9.17, 15) is 10.0 Å². The highest BCUT2D eigenvalue weighted by atomic mass is 16.5. The molecule has 0 heterocycles. The molecule has 98 valence electrons. The highest BCUT2D eigenvalue weighted by molar-refractivity contribution is 5.50. The van der Waals surface area contributed by atoms with Crippen molar-refractivity contribution < 1.29 is 9.84 Å². The van der Waals surface area contributed by atoms with Gasteiger partial charge in [0.1, 0.15) is 17.2 Å². The molecule has 0 aromatic heterocycles. The summed E-state index contributed by atoms with van der Waals surface area (Å²) in [5.74, 6) is 0.911. The van der Waals surface area contributed by atoms with E-state index in [1.807, 2.05) is 24.3 Å². The zero-order valence-electron chi connectivity index (χ0n) is 10.5. The van der Waals surface area contributed by atoms with E-state index in [0.717, 1.165) is 11.4 Å². The minimum atomic E-state index is 0.133. The highest BCUT2D eigenvalue weighted by Crippen LogP contribution is 2.24. The van der Waals surface area contributed by atoms with E-state index in [2.05, 4.69) is 10.5 Å². The minimum Gasteiger partial charge on any atom is -0.508 e. The third-order valence-electron chi connectivity index (χ3n) is 2.74. The number of nitroso groups, excluding NO2 is 1. The molecule has 0 spiro atoms. The van der Waals surface area contributed by atoms with Gasteiger partial charge in [-0.25, -0.2) is 0 Å². The van der Waals surface area contributed by atoms with Crippen LogP contribution in [0.1, 0.15) is 5.56 Å². The average Bonchev–Trinajstić information content (AvgIpc) is 2.47. The Bertz CT molecular complexity index is 567. The number of phenols is 1. The number of ether oxygens (including phenoxy) is 1. The number of nitrogens with zero attached hydrogens (tertiary/aromatic N) is 1. The number of hydrogen-bond acceptors (Lipinski definition) is 5. The Kier molecular flexibility index (Phi) is 3.97. The van der Waals surface area contributed by atoms with Gasteiger partial charge in [-0.15, -0.1) is 4.91 Å². The summed E-state index contributed by atoms with van der Waals surface area (Å²) in [5.41, 5.74) is 1.81. The van der Waals surface area contributed by atoms with Crippen LogP contribution in [0.3, 0.4) is 0 Å². The van der Waals surface area contributed by atoms with Crippen molar-refractivity contribution in [3.05, 3.63) is 52.9 Å². The van der Waals surface area contributed by atoms with Crippen LogP contribution in [-0.2, 0) is 6.54 Å². The van der Waals surface area contributed by atoms with E-state index in [0.29, 0.717) is 17.8 Å². The molecule has 0 aliphatic heterocycles. The lowest BCUT2D eigenvalue weighted by molar-refractivity contribution is 0.415. The van der Waals surface area contributed by atoms with E-state index in [1.165, 1.54) is 12.1 Å². The summed E-state index contributed by atoms with van der Waals surface area (Å²) in [7, 11) is 1.61. The number of benzene rings is 2. The van der Waals surface area contributed by atoms with Crippen LogP contribution in [0.5, 0.6) is 11.5 Å². The zero-order valence-corrected chi connectivity index (χ0v) is 10.5. The molecule has 0 unspecified atom stereocenters. The molecule has 5 nitrogen and oxygen atoms in total. The summed E-state index contributed by atoms with van der Waals surface area (Å²) in [5, 5.41) is 15.7. The van der Waals surface area contributed by atoms with Gasteiger partial charge >= 0.3 is 0 Å². The van der Waals surface area contributed by atoms with Crippen LogP contribution in [-0.4, -0.2) is 12.2 Å². The van der Waals surface area contributed by atoms with Crippen LogP contribution >= 0.6 is 0 Å². The number of phenolic OH excluding ortho intramolecular Hbond substituents is 1. The van der Waals surface area contributed by atoms with E-state index >= 15 is 0 Å². The largest absolute Gasteiger partial charge is 0.508 e. The second kappa shape index (κ2) is 5.86. The fraction of sp³-hybridized carbons (Fsp3) is 0.143. The summed E-state index contributed by atoms with van der Waals surface area (Å²) in [6.45, 7) is 0.404. The maximum Gasteiger partial charge on any atom is 0.120 e. The summed E-state index contributed by atoms with van der Waals surface area (Å²) < 4.78 is 5.07. The molecular formula is C14H14N2O3. The molecule has 0 saturated heterocycles. The molecule has 0 radical (unpaired) electrons. The fourth-order valence-corrected chi connectivity index (χ4v) is 1.68. The summed E-state index contributed by atoms with van der Waals surface area (Å²) in [6, 6.07) is 11.9. The number of methoxy groups -OCH3 is 1. The lowest BCUT2D eigenvalue weighted by Gasteiger charge is -2.09. The predicted octanol–water partition coefficient (Wildman–Crippen LogP) is 3.41.